The van der Waals surface area contributed by atoms with Gasteiger partial charge in [-0.05, 0) is 66.7 Å². The van der Waals surface area contributed by atoms with Crippen LogP contribution in [0.25, 0.3) is 6.08 Å². The van der Waals surface area contributed by atoms with E-state index in [0.717, 1.165) is 24.5 Å². The van der Waals surface area contributed by atoms with Crippen LogP contribution in [0, 0.1) is 35.8 Å². The molecule has 4 aliphatic rings. The Labute approximate surface area is 199 Å². The standard InChI is InChI=1S/C27H29BF2O4/c1-16-18(10-11-28-33-22-14-19-13-21(26(19,2)3)27(22,4)34-28)12-20(29)24(30)23(16)25(31)32-15-17-8-6-5-7-9-17/h5-12,19,21-22H,13-15H2,1-4H3/b11-10-/t19?,21?,22?,27-/m0/s1. The summed E-state index contributed by atoms with van der Waals surface area (Å²) in [6.07, 6.45) is 3.77. The molecule has 1 saturated heterocycles. The summed E-state index contributed by atoms with van der Waals surface area (Å²) in [7, 11) is -0.578. The van der Waals surface area contributed by atoms with Gasteiger partial charge >= 0.3 is 13.1 Å². The van der Waals surface area contributed by atoms with Gasteiger partial charge in [-0.15, -0.1) is 0 Å². The molecule has 4 fully saturated rings. The summed E-state index contributed by atoms with van der Waals surface area (Å²) in [5.74, 6) is -0.429. The predicted molar refractivity (Wildman–Crippen MR) is 126 cm³/mol. The van der Waals surface area contributed by atoms with E-state index >= 15 is 0 Å². The van der Waals surface area contributed by atoms with Crippen molar-refractivity contribution < 1.29 is 27.6 Å². The van der Waals surface area contributed by atoms with Gasteiger partial charge in [0, 0.05) is 0 Å². The fraction of sp³-hybridized carbons (Fsp3) is 0.444. The first-order valence-electron chi connectivity index (χ1n) is 11.8. The first-order chi connectivity index (χ1) is 16.1. The highest BCUT2D eigenvalue weighted by molar-refractivity contribution is 6.52. The summed E-state index contributed by atoms with van der Waals surface area (Å²) < 4.78 is 46.8. The SMILES string of the molecule is Cc1c(/C=C\B2OC3CC4CC(C4(C)C)[C@]3(C)O2)cc(F)c(F)c1C(=O)OCc1ccccc1. The van der Waals surface area contributed by atoms with Crippen molar-refractivity contribution in [2.24, 2.45) is 17.3 Å². The molecule has 0 spiro atoms. The summed E-state index contributed by atoms with van der Waals surface area (Å²) in [5.41, 5.74) is 0.923. The highest BCUT2D eigenvalue weighted by Gasteiger charge is 2.67. The molecule has 0 aromatic heterocycles. The molecule has 6 rings (SSSR count). The lowest BCUT2D eigenvalue weighted by atomic mass is 9.43. The molecule has 2 bridgehead atoms. The maximum Gasteiger partial charge on any atom is 0.486 e. The van der Waals surface area contributed by atoms with Gasteiger partial charge < -0.3 is 14.0 Å². The number of esters is 1. The van der Waals surface area contributed by atoms with Crippen LogP contribution in [0.2, 0.25) is 0 Å². The Balaban J connectivity index is 1.34. The van der Waals surface area contributed by atoms with E-state index in [0.29, 0.717) is 23.0 Å². The minimum Gasteiger partial charge on any atom is -0.457 e. The fourth-order valence-corrected chi connectivity index (χ4v) is 6.11. The number of carbonyl (C=O) groups is 1. The second kappa shape index (κ2) is 8.31. The number of rotatable bonds is 5. The zero-order valence-corrected chi connectivity index (χ0v) is 19.9. The van der Waals surface area contributed by atoms with Crippen molar-refractivity contribution in [2.75, 3.05) is 0 Å². The molecule has 2 aromatic rings. The molecular formula is C27H29BF2O4. The van der Waals surface area contributed by atoms with E-state index in [9.17, 15) is 13.6 Å². The van der Waals surface area contributed by atoms with E-state index in [-0.39, 0.29) is 23.7 Å². The van der Waals surface area contributed by atoms with Crippen molar-refractivity contribution in [1.82, 2.24) is 0 Å². The highest BCUT2D eigenvalue weighted by atomic mass is 19.2. The molecule has 0 radical (unpaired) electrons. The van der Waals surface area contributed by atoms with Crippen molar-refractivity contribution in [3.05, 3.63) is 76.3 Å². The van der Waals surface area contributed by atoms with Crippen LogP contribution in [0.4, 0.5) is 8.78 Å². The quantitative estimate of drug-likeness (QED) is 0.406. The number of hydrogen-bond donors (Lipinski definition) is 0. The Hall–Kier alpha value is -2.51. The van der Waals surface area contributed by atoms with Gasteiger partial charge in [0.15, 0.2) is 11.6 Å². The van der Waals surface area contributed by atoms with Crippen molar-refractivity contribution in [3.8, 4) is 0 Å². The van der Waals surface area contributed by atoms with Gasteiger partial charge in [-0.2, -0.15) is 0 Å². The van der Waals surface area contributed by atoms with E-state index < -0.39 is 30.3 Å². The molecule has 3 saturated carbocycles. The largest absolute Gasteiger partial charge is 0.486 e. The number of halogens is 2. The summed E-state index contributed by atoms with van der Waals surface area (Å²) in [6, 6.07) is 10.1. The van der Waals surface area contributed by atoms with Gasteiger partial charge in [0.25, 0.3) is 0 Å². The second-order valence-corrected chi connectivity index (χ2v) is 10.5. The molecule has 3 aliphatic carbocycles. The maximum atomic E-state index is 14.6. The van der Waals surface area contributed by atoms with Crippen LogP contribution in [0.15, 0.2) is 42.4 Å². The first-order valence-corrected chi connectivity index (χ1v) is 11.8. The molecule has 1 heterocycles. The molecular weight excluding hydrogens is 437 g/mol. The van der Waals surface area contributed by atoms with Crippen LogP contribution < -0.4 is 0 Å². The maximum absolute atomic E-state index is 14.6. The van der Waals surface area contributed by atoms with Gasteiger partial charge in [-0.3, -0.25) is 0 Å². The van der Waals surface area contributed by atoms with Crippen molar-refractivity contribution in [1.29, 1.82) is 0 Å². The third-order valence-corrected chi connectivity index (χ3v) is 8.34. The van der Waals surface area contributed by atoms with E-state index in [2.05, 4.69) is 20.8 Å². The summed E-state index contributed by atoms with van der Waals surface area (Å²) in [5, 5.41) is 0. The summed E-state index contributed by atoms with van der Waals surface area (Å²) >= 11 is 0. The van der Waals surface area contributed by atoms with Gasteiger partial charge in [0.05, 0.1) is 11.7 Å². The van der Waals surface area contributed by atoms with Crippen LogP contribution in [-0.2, 0) is 20.7 Å². The Kier molecular flexibility index (Phi) is 5.68. The Morgan fingerprint density at radius 2 is 1.94 bits per heavy atom. The fourth-order valence-electron chi connectivity index (χ4n) is 6.11. The average Bonchev–Trinajstić information content (AvgIpc) is 3.16. The molecule has 4 atom stereocenters. The van der Waals surface area contributed by atoms with Gasteiger partial charge in [-0.25, -0.2) is 13.6 Å². The summed E-state index contributed by atoms with van der Waals surface area (Å²) in [4.78, 5) is 12.6. The van der Waals surface area contributed by atoms with Crippen LogP contribution in [0.1, 0.15) is 60.7 Å². The molecule has 0 N–H and O–H groups in total. The van der Waals surface area contributed by atoms with Crippen LogP contribution in [0.5, 0.6) is 0 Å². The Morgan fingerprint density at radius 1 is 1.21 bits per heavy atom. The monoisotopic (exact) mass is 466 g/mol. The third-order valence-electron chi connectivity index (χ3n) is 8.34. The van der Waals surface area contributed by atoms with Gasteiger partial charge in [-0.1, -0.05) is 56.2 Å². The highest BCUT2D eigenvalue weighted by Crippen LogP contribution is 2.65. The Bertz CT molecular complexity index is 1150. The van der Waals surface area contributed by atoms with E-state index in [4.69, 9.17) is 14.0 Å². The van der Waals surface area contributed by atoms with Crippen LogP contribution >= 0.6 is 0 Å². The van der Waals surface area contributed by atoms with E-state index in [1.165, 1.54) is 0 Å². The lowest BCUT2D eigenvalue weighted by molar-refractivity contribution is -0.199. The van der Waals surface area contributed by atoms with Gasteiger partial charge in [0.1, 0.15) is 12.2 Å². The lowest BCUT2D eigenvalue weighted by Gasteiger charge is -2.64. The first kappa shape index (κ1) is 23.2. The molecule has 2 aromatic carbocycles. The van der Waals surface area contributed by atoms with E-state index in [1.54, 1.807) is 31.1 Å². The molecule has 7 heteroatoms. The van der Waals surface area contributed by atoms with E-state index in [1.807, 2.05) is 18.2 Å². The van der Waals surface area contributed by atoms with Gasteiger partial charge in [0.2, 0.25) is 0 Å². The third kappa shape index (κ3) is 3.70. The average molecular weight is 466 g/mol. The number of ether oxygens (including phenoxy) is 1. The minimum atomic E-state index is -1.21. The van der Waals surface area contributed by atoms with Crippen LogP contribution in [0.3, 0.4) is 0 Å². The smallest absolute Gasteiger partial charge is 0.457 e. The molecule has 34 heavy (non-hydrogen) atoms. The van der Waals surface area contributed by atoms with Crippen molar-refractivity contribution in [2.45, 2.75) is 58.8 Å². The zero-order chi connectivity index (χ0) is 24.3. The molecule has 4 nitrogen and oxygen atoms in total. The number of benzene rings is 2. The predicted octanol–water partition coefficient (Wildman–Crippen LogP) is 5.91. The number of carbonyl (C=O) groups excluding carboxylic acids is 1. The lowest BCUT2D eigenvalue weighted by Crippen LogP contribution is -2.65. The van der Waals surface area contributed by atoms with Crippen molar-refractivity contribution >= 4 is 19.2 Å². The minimum absolute atomic E-state index is 0.0218. The topological polar surface area (TPSA) is 44.8 Å². The number of hydrogen-bond acceptors (Lipinski definition) is 4. The molecule has 3 unspecified atom stereocenters. The van der Waals surface area contributed by atoms with Crippen LogP contribution in [-0.4, -0.2) is 24.8 Å². The summed E-state index contributed by atoms with van der Waals surface area (Å²) in [6.45, 7) is 8.27. The Morgan fingerprint density at radius 3 is 2.65 bits per heavy atom. The normalized spacial score (nSPS) is 29.1. The molecule has 178 valence electrons. The molecule has 1 aliphatic heterocycles. The zero-order valence-electron chi connectivity index (χ0n) is 19.9. The van der Waals surface area contributed by atoms with Crippen molar-refractivity contribution in [3.63, 3.8) is 0 Å². The second-order valence-electron chi connectivity index (χ2n) is 10.5. The molecule has 0 amide bonds.